The van der Waals surface area contributed by atoms with Gasteiger partial charge in [-0.2, -0.15) is 0 Å². The highest BCUT2D eigenvalue weighted by molar-refractivity contribution is 7.22. The van der Waals surface area contributed by atoms with E-state index >= 15 is 0 Å². The van der Waals surface area contributed by atoms with E-state index in [0.29, 0.717) is 10.2 Å². The molecular formula is C14H10N3O2S+. The Balaban J connectivity index is 2.38. The highest BCUT2D eigenvalue weighted by atomic mass is 32.1. The topological polar surface area (TPSA) is 70.4 Å². The Hall–Kier alpha value is -2.65. The lowest BCUT2D eigenvalue weighted by Gasteiger charge is -1.97. The summed E-state index contributed by atoms with van der Waals surface area (Å²) in [5, 5.41) is 18.9. The summed E-state index contributed by atoms with van der Waals surface area (Å²) < 4.78 is 1.89. The zero-order valence-electron chi connectivity index (χ0n) is 10.6. The first-order valence-electron chi connectivity index (χ1n) is 5.89. The number of diazo groups is 1. The zero-order chi connectivity index (χ0) is 14.3. The van der Waals surface area contributed by atoms with Crippen molar-refractivity contribution < 1.29 is 5.11 Å². The number of hydrogen-bond acceptors (Lipinski definition) is 4. The van der Waals surface area contributed by atoms with Gasteiger partial charge in [-0.25, -0.2) is 0 Å². The van der Waals surface area contributed by atoms with Crippen molar-refractivity contribution in [3.05, 3.63) is 51.7 Å². The van der Waals surface area contributed by atoms with Crippen LogP contribution in [-0.4, -0.2) is 9.67 Å². The van der Waals surface area contributed by atoms with Crippen LogP contribution in [0.3, 0.4) is 0 Å². The summed E-state index contributed by atoms with van der Waals surface area (Å²) >= 11 is 1.35. The van der Waals surface area contributed by atoms with E-state index in [1.165, 1.54) is 15.9 Å². The van der Waals surface area contributed by atoms with Crippen molar-refractivity contribution in [2.45, 2.75) is 0 Å². The molecule has 0 saturated heterocycles. The molecule has 1 N–H and O–H groups in total. The largest absolute Gasteiger partial charge is 0.500 e. The molecule has 0 aliphatic rings. The zero-order valence-corrected chi connectivity index (χ0v) is 11.4. The van der Waals surface area contributed by atoms with Gasteiger partial charge in [-0.05, 0) is 11.6 Å². The minimum atomic E-state index is -0.532. The standard InChI is InChI=1S/C14H9N3O2S/c1-17-9-7-10(8-5-3-2-4-6-8)20-13(9)12(18)11(16-15)14(17)19/h2-7H,1H3/p+1. The molecule has 2 aromatic heterocycles. The average Bonchev–Trinajstić information content (AvgIpc) is 2.92. The van der Waals surface area contributed by atoms with Gasteiger partial charge in [0.15, 0.2) is 4.98 Å². The van der Waals surface area contributed by atoms with E-state index in [4.69, 9.17) is 5.39 Å². The lowest BCUT2D eigenvalue weighted by atomic mass is 10.2. The first kappa shape index (κ1) is 12.4. The fourth-order valence-corrected chi connectivity index (χ4v) is 3.25. The fourth-order valence-electron chi connectivity index (χ4n) is 2.11. The predicted molar refractivity (Wildman–Crippen MR) is 78.9 cm³/mol. The van der Waals surface area contributed by atoms with Crippen molar-refractivity contribution in [1.29, 1.82) is 5.39 Å². The molecule has 0 bridgehead atoms. The Kier molecular flexibility index (Phi) is 2.77. The number of fused-ring (bicyclic) bond motifs is 1. The molecule has 3 rings (SSSR count). The van der Waals surface area contributed by atoms with E-state index in [1.54, 1.807) is 7.05 Å². The third-order valence-electron chi connectivity index (χ3n) is 3.18. The lowest BCUT2D eigenvalue weighted by molar-refractivity contribution is 0.483. The van der Waals surface area contributed by atoms with Crippen LogP contribution in [0.4, 0.5) is 5.69 Å². The third kappa shape index (κ3) is 1.68. The Labute approximate surface area is 118 Å². The van der Waals surface area contributed by atoms with E-state index in [9.17, 15) is 9.90 Å². The summed E-state index contributed by atoms with van der Waals surface area (Å²) in [5.74, 6) is -0.280. The molecule has 20 heavy (non-hydrogen) atoms. The summed E-state index contributed by atoms with van der Waals surface area (Å²) in [7, 11) is 1.58. The molecule has 5 nitrogen and oxygen atoms in total. The summed E-state index contributed by atoms with van der Waals surface area (Å²) in [6.45, 7) is 0. The number of pyridine rings is 1. The van der Waals surface area contributed by atoms with E-state index in [2.05, 4.69) is 4.98 Å². The maximum Gasteiger partial charge on any atom is 0.491 e. The lowest BCUT2D eigenvalue weighted by Crippen LogP contribution is -2.15. The highest BCUT2D eigenvalue weighted by Crippen LogP contribution is 2.40. The molecule has 3 aromatic rings. The summed E-state index contributed by atoms with van der Waals surface area (Å²) in [6.07, 6.45) is 0. The molecule has 0 spiro atoms. The van der Waals surface area contributed by atoms with E-state index in [0.717, 1.165) is 10.4 Å². The quantitative estimate of drug-likeness (QED) is 0.696. The first-order chi connectivity index (χ1) is 9.63. The van der Waals surface area contributed by atoms with Crippen LogP contribution in [0, 0.1) is 5.39 Å². The third-order valence-corrected chi connectivity index (χ3v) is 4.36. The average molecular weight is 284 g/mol. The van der Waals surface area contributed by atoms with Gasteiger partial charge >= 0.3 is 11.2 Å². The molecule has 2 heterocycles. The molecule has 0 unspecified atom stereocenters. The van der Waals surface area contributed by atoms with Crippen molar-refractivity contribution in [2.24, 2.45) is 7.05 Å². The van der Waals surface area contributed by atoms with Gasteiger partial charge in [0.1, 0.15) is 4.70 Å². The number of hydrogen-bond donors (Lipinski definition) is 1. The van der Waals surface area contributed by atoms with Crippen molar-refractivity contribution in [2.75, 3.05) is 0 Å². The number of aryl methyl sites for hydroxylation is 1. The second-order valence-electron chi connectivity index (χ2n) is 4.35. The molecule has 0 aliphatic carbocycles. The van der Waals surface area contributed by atoms with Gasteiger partial charge in [0.2, 0.25) is 11.1 Å². The highest BCUT2D eigenvalue weighted by Gasteiger charge is 2.26. The van der Waals surface area contributed by atoms with Crippen LogP contribution in [0.1, 0.15) is 0 Å². The van der Waals surface area contributed by atoms with Crippen LogP contribution in [0.25, 0.3) is 25.6 Å². The molecule has 6 heteroatoms. The van der Waals surface area contributed by atoms with Gasteiger partial charge < -0.3 is 9.67 Å². The summed E-state index contributed by atoms with van der Waals surface area (Å²) in [4.78, 5) is 15.8. The Morgan fingerprint density at radius 3 is 2.65 bits per heavy atom. The van der Waals surface area contributed by atoms with Crippen LogP contribution < -0.4 is 5.56 Å². The molecule has 0 amide bonds. The molecular weight excluding hydrogens is 274 g/mol. The van der Waals surface area contributed by atoms with Gasteiger partial charge in [-0.15, -0.1) is 11.3 Å². The smallest absolute Gasteiger partial charge is 0.491 e. The van der Waals surface area contributed by atoms with Gasteiger partial charge in [0, 0.05) is 11.9 Å². The maximum absolute atomic E-state index is 11.9. The number of benzene rings is 1. The van der Waals surface area contributed by atoms with E-state index in [-0.39, 0.29) is 11.4 Å². The number of aromatic nitrogens is 1. The van der Waals surface area contributed by atoms with E-state index in [1.807, 2.05) is 36.4 Å². The SMILES string of the molecule is Cn1c(=O)c([N+]#N)c(O)c2sc(-c3ccccc3)cc21. The summed E-state index contributed by atoms with van der Waals surface area (Å²) in [6, 6.07) is 11.5. The van der Waals surface area contributed by atoms with Gasteiger partial charge in [-0.3, -0.25) is 4.79 Å². The first-order valence-corrected chi connectivity index (χ1v) is 6.71. The number of rotatable bonds is 1. The van der Waals surface area contributed by atoms with Crippen molar-refractivity contribution in [3.63, 3.8) is 0 Å². The number of nitrogens with zero attached hydrogens (tertiary/aromatic N) is 3. The van der Waals surface area contributed by atoms with Crippen molar-refractivity contribution >= 4 is 27.2 Å². The van der Waals surface area contributed by atoms with Crippen LogP contribution in [0.5, 0.6) is 5.75 Å². The van der Waals surface area contributed by atoms with Crippen molar-refractivity contribution in [1.82, 2.24) is 4.57 Å². The molecule has 0 radical (unpaired) electrons. The molecule has 0 fully saturated rings. The Morgan fingerprint density at radius 1 is 1.30 bits per heavy atom. The molecule has 0 atom stereocenters. The minimum Gasteiger partial charge on any atom is -0.500 e. The second kappa shape index (κ2) is 4.47. The van der Waals surface area contributed by atoms with Gasteiger partial charge in [0.05, 0.1) is 5.52 Å². The van der Waals surface area contributed by atoms with Crippen LogP contribution in [0.15, 0.2) is 41.2 Å². The van der Waals surface area contributed by atoms with Crippen molar-refractivity contribution in [3.8, 4) is 16.2 Å². The number of aromatic hydroxyl groups is 1. The Morgan fingerprint density at radius 2 is 2.00 bits per heavy atom. The van der Waals surface area contributed by atoms with E-state index < -0.39 is 5.56 Å². The molecule has 1 aromatic carbocycles. The predicted octanol–water partition coefficient (Wildman–Crippen LogP) is 3.46. The minimum absolute atomic E-state index is 0.280. The summed E-state index contributed by atoms with van der Waals surface area (Å²) in [5.41, 5.74) is 0.753. The van der Waals surface area contributed by atoms with Gasteiger partial charge in [-0.1, -0.05) is 30.3 Å². The van der Waals surface area contributed by atoms with Crippen LogP contribution in [0.2, 0.25) is 0 Å². The second-order valence-corrected chi connectivity index (χ2v) is 5.40. The molecule has 98 valence electrons. The van der Waals surface area contributed by atoms with Crippen LogP contribution in [-0.2, 0) is 7.05 Å². The number of thiophene rings is 1. The van der Waals surface area contributed by atoms with Crippen LogP contribution >= 0.6 is 11.3 Å². The normalized spacial score (nSPS) is 10.6. The fraction of sp³-hybridized carbons (Fsp3) is 0.0714. The maximum atomic E-state index is 11.9. The molecule has 0 aliphatic heterocycles. The molecule has 0 saturated carbocycles. The monoisotopic (exact) mass is 284 g/mol. The Bertz CT molecular complexity index is 904. The van der Waals surface area contributed by atoms with Gasteiger partial charge in [0.25, 0.3) is 0 Å².